The van der Waals surface area contributed by atoms with Gasteiger partial charge in [0.2, 0.25) is 11.8 Å². The fraction of sp³-hybridized carbons (Fsp3) is 0.750. The first kappa shape index (κ1) is 12.0. The molecule has 15 heavy (non-hydrogen) atoms. The van der Waals surface area contributed by atoms with Crippen LogP contribution in [0.3, 0.4) is 0 Å². The summed E-state index contributed by atoms with van der Waals surface area (Å²) in [6, 6.07) is 0. The number of sulfone groups is 1. The molecule has 1 heterocycles. The highest BCUT2D eigenvalue weighted by atomic mass is 32.2. The van der Waals surface area contributed by atoms with Crippen LogP contribution in [0.25, 0.3) is 0 Å². The summed E-state index contributed by atoms with van der Waals surface area (Å²) in [5.74, 6) is -2.32. The van der Waals surface area contributed by atoms with Gasteiger partial charge >= 0.3 is 0 Å². The van der Waals surface area contributed by atoms with E-state index in [0.29, 0.717) is 0 Å². The van der Waals surface area contributed by atoms with Crippen molar-refractivity contribution in [2.45, 2.75) is 24.5 Å². The molecule has 0 radical (unpaired) electrons. The van der Waals surface area contributed by atoms with Crippen LogP contribution in [0.5, 0.6) is 0 Å². The Morgan fingerprint density at radius 1 is 1.33 bits per heavy atom. The van der Waals surface area contributed by atoms with Crippen molar-refractivity contribution >= 4 is 21.7 Å². The van der Waals surface area contributed by atoms with Crippen LogP contribution in [-0.4, -0.2) is 30.7 Å². The van der Waals surface area contributed by atoms with E-state index in [1.54, 1.807) is 0 Å². The summed E-state index contributed by atoms with van der Waals surface area (Å²) in [6.07, 6.45) is 0.0561. The molecule has 2 unspecified atom stereocenters. The Morgan fingerprint density at radius 3 is 2.27 bits per heavy atom. The Balaban J connectivity index is 3.10. The predicted octanol–water partition coefficient (Wildman–Crippen LogP) is -1.46. The van der Waals surface area contributed by atoms with Gasteiger partial charge in [-0.3, -0.25) is 9.59 Å². The van der Waals surface area contributed by atoms with Crippen LogP contribution >= 0.6 is 0 Å². The zero-order valence-electron chi connectivity index (χ0n) is 8.39. The van der Waals surface area contributed by atoms with E-state index in [2.05, 4.69) is 0 Å². The molecule has 1 aliphatic rings. The van der Waals surface area contributed by atoms with Crippen molar-refractivity contribution in [1.82, 2.24) is 0 Å². The largest absolute Gasteiger partial charge is 0.369 e. The molecule has 0 aliphatic carbocycles. The van der Waals surface area contributed by atoms with Crippen molar-refractivity contribution in [2.75, 3.05) is 5.75 Å². The predicted molar refractivity (Wildman–Crippen MR) is 53.3 cm³/mol. The van der Waals surface area contributed by atoms with E-state index in [0.717, 1.165) is 0 Å². The third kappa shape index (κ3) is 1.83. The summed E-state index contributed by atoms with van der Waals surface area (Å²) >= 11 is 0. The number of nitrogens with two attached hydrogens (primary N) is 2. The number of rotatable bonds is 2. The van der Waals surface area contributed by atoms with Crippen LogP contribution in [0.1, 0.15) is 19.8 Å². The van der Waals surface area contributed by atoms with E-state index in [1.165, 1.54) is 6.92 Å². The maximum atomic E-state index is 11.7. The minimum atomic E-state index is -3.57. The van der Waals surface area contributed by atoms with Crippen LogP contribution in [0.2, 0.25) is 0 Å². The molecule has 0 aromatic carbocycles. The average molecular weight is 234 g/mol. The molecule has 6 nitrogen and oxygen atoms in total. The molecule has 0 spiro atoms. The molecule has 0 aromatic rings. The topological polar surface area (TPSA) is 120 Å². The van der Waals surface area contributed by atoms with Crippen LogP contribution in [0.15, 0.2) is 0 Å². The molecule has 1 aliphatic heterocycles. The Bertz CT molecular complexity index is 403. The van der Waals surface area contributed by atoms with Crippen molar-refractivity contribution in [3.05, 3.63) is 0 Å². The first-order valence-electron chi connectivity index (χ1n) is 4.52. The molecule has 4 N–H and O–H groups in total. The first-order valence-corrected chi connectivity index (χ1v) is 6.17. The normalized spacial score (nSPS) is 34.6. The quantitative estimate of drug-likeness (QED) is 0.606. The number of hydrogen-bond acceptors (Lipinski definition) is 4. The standard InChI is InChI=1S/C8H14N2O4S/c1-8(7(10)12)4-5(6(9)11)2-3-15(8,13)14/h5H,2-4H2,1H3,(H2,9,11)(H2,10,12). The van der Waals surface area contributed by atoms with Gasteiger partial charge in [-0.2, -0.15) is 0 Å². The van der Waals surface area contributed by atoms with E-state index in [9.17, 15) is 18.0 Å². The molecular formula is C8H14N2O4S. The van der Waals surface area contributed by atoms with E-state index in [-0.39, 0.29) is 18.6 Å². The summed E-state index contributed by atoms with van der Waals surface area (Å²) < 4.78 is 21.7. The lowest BCUT2D eigenvalue weighted by Crippen LogP contribution is -2.54. The second-order valence-corrected chi connectivity index (χ2v) is 6.54. The molecule has 0 saturated carbocycles. The van der Waals surface area contributed by atoms with Crippen molar-refractivity contribution in [3.8, 4) is 0 Å². The van der Waals surface area contributed by atoms with Gasteiger partial charge in [0.1, 0.15) is 4.75 Å². The summed E-state index contributed by atoms with van der Waals surface area (Å²) in [7, 11) is -3.57. The van der Waals surface area contributed by atoms with E-state index in [1.807, 2.05) is 0 Å². The molecule has 2 atom stereocenters. The Hall–Kier alpha value is -1.11. The number of carbonyl (C=O) groups excluding carboxylic acids is 2. The number of carbonyl (C=O) groups is 2. The fourth-order valence-electron chi connectivity index (χ4n) is 1.72. The van der Waals surface area contributed by atoms with Crippen LogP contribution in [0, 0.1) is 5.92 Å². The van der Waals surface area contributed by atoms with Gasteiger partial charge in [-0.25, -0.2) is 8.42 Å². The minimum absolute atomic E-state index is 0.111. The molecule has 1 saturated heterocycles. The lowest BCUT2D eigenvalue weighted by Gasteiger charge is -2.33. The molecule has 1 rings (SSSR count). The van der Waals surface area contributed by atoms with E-state index >= 15 is 0 Å². The van der Waals surface area contributed by atoms with Crippen molar-refractivity contribution in [1.29, 1.82) is 0 Å². The maximum Gasteiger partial charge on any atom is 0.238 e. The molecule has 86 valence electrons. The average Bonchev–Trinajstić information content (AvgIpc) is 2.09. The van der Waals surface area contributed by atoms with Gasteiger partial charge in [-0.15, -0.1) is 0 Å². The minimum Gasteiger partial charge on any atom is -0.369 e. The molecule has 0 bridgehead atoms. The monoisotopic (exact) mass is 234 g/mol. The zero-order chi connectivity index (χ0) is 11.9. The van der Waals surface area contributed by atoms with Crippen LogP contribution in [0.4, 0.5) is 0 Å². The maximum absolute atomic E-state index is 11.7. The van der Waals surface area contributed by atoms with Gasteiger partial charge in [-0.05, 0) is 19.8 Å². The van der Waals surface area contributed by atoms with E-state index in [4.69, 9.17) is 11.5 Å². The van der Waals surface area contributed by atoms with Gasteiger partial charge in [0, 0.05) is 5.92 Å². The lowest BCUT2D eigenvalue weighted by molar-refractivity contribution is -0.124. The second-order valence-electron chi connectivity index (χ2n) is 4.01. The molecule has 7 heteroatoms. The van der Waals surface area contributed by atoms with Gasteiger partial charge in [0.05, 0.1) is 5.75 Å². The fourth-order valence-corrected chi connectivity index (χ4v) is 3.53. The highest BCUT2D eigenvalue weighted by Crippen LogP contribution is 2.33. The first-order chi connectivity index (χ1) is 6.71. The summed E-state index contributed by atoms with van der Waals surface area (Å²) in [5.41, 5.74) is 10.2. The molecular weight excluding hydrogens is 220 g/mol. The number of primary amides is 2. The summed E-state index contributed by atoms with van der Waals surface area (Å²) in [6.45, 7) is 1.25. The Labute approximate surface area is 87.9 Å². The smallest absolute Gasteiger partial charge is 0.238 e. The third-order valence-corrected chi connectivity index (χ3v) is 5.49. The van der Waals surface area contributed by atoms with Crippen molar-refractivity contribution in [3.63, 3.8) is 0 Å². The molecule has 0 aromatic heterocycles. The highest BCUT2D eigenvalue weighted by Gasteiger charge is 2.50. The van der Waals surface area contributed by atoms with Crippen LogP contribution < -0.4 is 11.5 Å². The van der Waals surface area contributed by atoms with Gasteiger partial charge in [0.15, 0.2) is 9.84 Å². The Kier molecular flexibility index (Phi) is 2.77. The number of hydrogen-bond donors (Lipinski definition) is 2. The second kappa shape index (κ2) is 3.48. The van der Waals surface area contributed by atoms with Gasteiger partial charge in [-0.1, -0.05) is 0 Å². The summed E-state index contributed by atoms with van der Waals surface area (Å²) in [4.78, 5) is 22.1. The number of amides is 2. The third-order valence-electron chi connectivity index (χ3n) is 2.98. The molecule has 1 fully saturated rings. The van der Waals surface area contributed by atoms with Crippen molar-refractivity contribution < 1.29 is 18.0 Å². The SMILES string of the molecule is CC1(C(N)=O)CC(C(N)=O)CCS1(=O)=O. The van der Waals surface area contributed by atoms with Crippen molar-refractivity contribution in [2.24, 2.45) is 17.4 Å². The van der Waals surface area contributed by atoms with Crippen LogP contribution in [-0.2, 0) is 19.4 Å². The van der Waals surface area contributed by atoms with Gasteiger partial charge in [0.25, 0.3) is 0 Å². The summed E-state index contributed by atoms with van der Waals surface area (Å²) in [5, 5.41) is 0. The highest BCUT2D eigenvalue weighted by molar-refractivity contribution is 7.93. The lowest BCUT2D eigenvalue weighted by atomic mass is 9.91. The van der Waals surface area contributed by atoms with Gasteiger partial charge < -0.3 is 11.5 Å². The Morgan fingerprint density at radius 2 is 1.87 bits per heavy atom. The zero-order valence-corrected chi connectivity index (χ0v) is 9.21. The molecule has 2 amide bonds. The van der Waals surface area contributed by atoms with E-state index < -0.39 is 32.3 Å².